The van der Waals surface area contributed by atoms with E-state index in [2.05, 4.69) is 6.58 Å². The standard InChI is InChI=1S/C10H15NO4/c1-4-5-15-9(14)11-6-7(8(12)13)10(11,2)3/h4,7H,1,5-6H2,2-3H3,(H,12,13). The lowest BCUT2D eigenvalue weighted by Crippen LogP contribution is -2.68. The first-order valence-corrected chi connectivity index (χ1v) is 4.69. The molecule has 1 heterocycles. The summed E-state index contributed by atoms with van der Waals surface area (Å²) in [6, 6.07) is 0. The molecule has 0 aromatic heterocycles. The van der Waals surface area contributed by atoms with Gasteiger partial charge in [0, 0.05) is 6.54 Å². The average molecular weight is 213 g/mol. The van der Waals surface area contributed by atoms with E-state index in [1.165, 1.54) is 11.0 Å². The highest BCUT2D eigenvalue weighted by Gasteiger charge is 2.53. The van der Waals surface area contributed by atoms with Gasteiger partial charge in [0.05, 0.1) is 11.5 Å². The van der Waals surface area contributed by atoms with E-state index in [1.54, 1.807) is 13.8 Å². The van der Waals surface area contributed by atoms with Gasteiger partial charge in [0.25, 0.3) is 0 Å². The van der Waals surface area contributed by atoms with Crippen LogP contribution in [0.15, 0.2) is 12.7 Å². The summed E-state index contributed by atoms with van der Waals surface area (Å²) in [6.45, 7) is 7.20. The van der Waals surface area contributed by atoms with E-state index in [0.29, 0.717) is 0 Å². The molecule has 1 N–H and O–H groups in total. The number of aliphatic carboxylic acids is 1. The second kappa shape index (κ2) is 3.92. The molecule has 0 aliphatic carbocycles. The van der Waals surface area contributed by atoms with E-state index in [4.69, 9.17) is 9.84 Å². The van der Waals surface area contributed by atoms with Crippen molar-refractivity contribution < 1.29 is 19.4 Å². The van der Waals surface area contributed by atoms with Crippen molar-refractivity contribution in [3.8, 4) is 0 Å². The van der Waals surface area contributed by atoms with Gasteiger partial charge in [-0.15, -0.1) is 0 Å². The molecular weight excluding hydrogens is 198 g/mol. The van der Waals surface area contributed by atoms with E-state index in [-0.39, 0.29) is 13.2 Å². The molecule has 1 aliphatic heterocycles. The van der Waals surface area contributed by atoms with E-state index < -0.39 is 23.5 Å². The fraction of sp³-hybridized carbons (Fsp3) is 0.600. The van der Waals surface area contributed by atoms with Crippen LogP contribution in [0, 0.1) is 5.92 Å². The SMILES string of the molecule is C=CCOC(=O)N1CC(C(=O)O)C1(C)C. The van der Waals surface area contributed by atoms with Crippen molar-refractivity contribution in [2.45, 2.75) is 19.4 Å². The summed E-state index contributed by atoms with van der Waals surface area (Å²) >= 11 is 0. The maximum Gasteiger partial charge on any atom is 0.410 e. The second-order valence-electron chi connectivity index (χ2n) is 4.02. The van der Waals surface area contributed by atoms with Crippen molar-refractivity contribution >= 4 is 12.1 Å². The highest BCUT2D eigenvalue weighted by Crippen LogP contribution is 2.36. The number of carboxylic acids is 1. The first-order chi connectivity index (χ1) is 6.91. The second-order valence-corrected chi connectivity index (χ2v) is 4.02. The number of likely N-dealkylation sites (tertiary alicyclic amines) is 1. The number of amides is 1. The molecule has 1 unspecified atom stereocenters. The molecule has 5 heteroatoms. The fourth-order valence-corrected chi connectivity index (χ4v) is 1.62. The number of carbonyl (C=O) groups is 2. The van der Waals surface area contributed by atoms with Gasteiger partial charge in [-0.1, -0.05) is 12.7 Å². The monoisotopic (exact) mass is 213 g/mol. The van der Waals surface area contributed by atoms with Gasteiger partial charge >= 0.3 is 12.1 Å². The molecule has 0 radical (unpaired) electrons. The number of hydrogen-bond donors (Lipinski definition) is 1. The maximum atomic E-state index is 11.4. The Morgan fingerprint density at radius 3 is 2.67 bits per heavy atom. The minimum absolute atomic E-state index is 0.142. The van der Waals surface area contributed by atoms with Crippen LogP contribution < -0.4 is 0 Å². The topological polar surface area (TPSA) is 66.8 Å². The third kappa shape index (κ3) is 1.95. The summed E-state index contributed by atoms with van der Waals surface area (Å²) in [4.78, 5) is 23.6. The number of hydrogen-bond acceptors (Lipinski definition) is 3. The Bertz CT molecular complexity index is 298. The normalized spacial score (nSPS) is 22.8. The van der Waals surface area contributed by atoms with Gasteiger partial charge in [0.15, 0.2) is 0 Å². The first-order valence-electron chi connectivity index (χ1n) is 4.69. The minimum atomic E-state index is -0.882. The molecule has 0 saturated carbocycles. The van der Waals surface area contributed by atoms with Gasteiger partial charge in [-0.3, -0.25) is 4.79 Å². The van der Waals surface area contributed by atoms with Gasteiger partial charge in [-0.25, -0.2) is 4.79 Å². The maximum absolute atomic E-state index is 11.4. The lowest BCUT2D eigenvalue weighted by molar-refractivity contribution is -0.157. The number of carboxylic acid groups (broad SMARTS) is 1. The van der Waals surface area contributed by atoms with Crippen molar-refractivity contribution in [2.24, 2.45) is 5.92 Å². The Hall–Kier alpha value is -1.52. The summed E-state index contributed by atoms with van der Waals surface area (Å²) in [5.41, 5.74) is -0.677. The van der Waals surface area contributed by atoms with Crippen LogP contribution in [-0.2, 0) is 9.53 Å². The van der Waals surface area contributed by atoms with E-state index in [1.807, 2.05) is 0 Å². The van der Waals surface area contributed by atoms with Crippen LogP contribution in [0.5, 0.6) is 0 Å². The molecular formula is C10H15NO4. The van der Waals surface area contributed by atoms with E-state index in [0.717, 1.165) is 0 Å². The van der Waals surface area contributed by atoms with Crippen molar-refractivity contribution in [1.29, 1.82) is 0 Å². The van der Waals surface area contributed by atoms with E-state index in [9.17, 15) is 9.59 Å². The number of nitrogens with zero attached hydrogens (tertiary/aromatic N) is 1. The quantitative estimate of drug-likeness (QED) is 0.713. The van der Waals surface area contributed by atoms with Crippen LogP contribution in [0.1, 0.15) is 13.8 Å². The van der Waals surface area contributed by atoms with E-state index >= 15 is 0 Å². The highest BCUT2D eigenvalue weighted by molar-refractivity contribution is 5.79. The predicted octanol–water partition coefficient (Wildman–Crippen LogP) is 1.10. The molecule has 0 aromatic rings. The zero-order chi connectivity index (χ0) is 11.6. The Kier molecular flexibility index (Phi) is 3.02. The summed E-state index contributed by atoms with van der Waals surface area (Å²) in [6.07, 6.45) is 0.983. The largest absolute Gasteiger partial charge is 0.481 e. The minimum Gasteiger partial charge on any atom is -0.481 e. The molecule has 1 aliphatic rings. The zero-order valence-corrected chi connectivity index (χ0v) is 8.90. The molecule has 84 valence electrons. The third-order valence-electron chi connectivity index (χ3n) is 2.76. The summed E-state index contributed by atoms with van der Waals surface area (Å²) in [5.74, 6) is -1.40. The van der Waals surface area contributed by atoms with Crippen LogP contribution in [0.3, 0.4) is 0 Å². The van der Waals surface area contributed by atoms with Crippen LogP contribution in [0.25, 0.3) is 0 Å². The van der Waals surface area contributed by atoms with Crippen molar-refractivity contribution in [2.75, 3.05) is 13.2 Å². The van der Waals surface area contributed by atoms with Crippen LogP contribution in [-0.4, -0.2) is 40.8 Å². The molecule has 15 heavy (non-hydrogen) atoms. The third-order valence-corrected chi connectivity index (χ3v) is 2.76. The summed E-state index contributed by atoms with van der Waals surface area (Å²) < 4.78 is 4.83. The van der Waals surface area contributed by atoms with Gasteiger partial charge in [-0.05, 0) is 13.8 Å². The zero-order valence-electron chi connectivity index (χ0n) is 8.90. The van der Waals surface area contributed by atoms with Crippen LogP contribution >= 0.6 is 0 Å². The lowest BCUT2D eigenvalue weighted by atomic mass is 9.77. The lowest BCUT2D eigenvalue weighted by Gasteiger charge is -2.51. The fourth-order valence-electron chi connectivity index (χ4n) is 1.62. The molecule has 1 fully saturated rings. The van der Waals surface area contributed by atoms with Gasteiger partial charge in [-0.2, -0.15) is 0 Å². The molecule has 0 bridgehead atoms. The predicted molar refractivity (Wildman–Crippen MR) is 53.5 cm³/mol. The van der Waals surface area contributed by atoms with Crippen molar-refractivity contribution in [3.05, 3.63) is 12.7 Å². The summed E-state index contributed by atoms with van der Waals surface area (Å²) in [5, 5.41) is 8.85. The van der Waals surface area contributed by atoms with Gasteiger partial charge < -0.3 is 14.7 Å². The number of ether oxygens (including phenoxy) is 1. The van der Waals surface area contributed by atoms with Crippen LogP contribution in [0.2, 0.25) is 0 Å². The molecule has 1 atom stereocenters. The molecule has 5 nitrogen and oxygen atoms in total. The molecule has 0 aromatic carbocycles. The molecule has 1 amide bonds. The Labute approximate surface area is 88.3 Å². The Balaban J connectivity index is 2.58. The smallest absolute Gasteiger partial charge is 0.410 e. The summed E-state index contributed by atoms with van der Waals surface area (Å²) in [7, 11) is 0. The number of carbonyl (C=O) groups excluding carboxylic acids is 1. The first kappa shape index (κ1) is 11.6. The highest BCUT2D eigenvalue weighted by atomic mass is 16.6. The van der Waals surface area contributed by atoms with Crippen LogP contribution in [0.4, 0.5) is 4.79 Å². The Morgan fingerprint density at radius 1 is 1.67 bits per heavy atom. The number of rotatable bonds is 3. The Morgan fingerprint density at radius 2 is 2.27 bits per heavy atom. The van der Waals surface area contributed by atoms with Gasteiger partial charge in [0.1, 0.15) is 6.61 Å². The molecule has 1 rings (SSSR count). The molecule has 0 spiro atoms. The average Bonchev–Trinajstić information content (AvgIpc) is 2.12. The van der Waals surface area contributed by atoms with Gasteiger partial charge in [0.2, 0.25) is 0 Å². The molecule has 1 saturated heterocycles. The van der Waals surface area contributed by atoms with Crippen molar-refractivity contribution in [1.82, 2.24) is 4.90 Å². The van der Waals surface area contributed by atoms with Crippen molar-refractivity contribution in [3.63, 3.8) is 0 Å².